The molecular weight excluding hydrogens is 230 g/mol. The van der Waals surface area contributed by atoms with Crippen LogP contribution >= 0.6 is 0 Å². The van der Waals surface area contributed by atoms with Gasteiger partial charge in [-0.15, -0.1) is 0 Å². The molecule has 0 radical (unpaired) electrons. The molecule has 1 aromatic carbocycles. The second-order valence-corrected chi connectivity index (χ2v) is 6.42. The van der Waals surface area contributed by atoms with Gasteiger partial charge in [0.25, 0.3) is 0 Å². The van der Waals surface area contributed by atoms with Gasteiger partial charge in [-0.3, -0.25) is 0 Å². The second kappa shape index (κ2) is 6.09. The Morgan fingerprint density at radius 1 is 1.00 bits per heavy atom. The van der Waals surface area contributed by atoms with Crippen LogP contribution < -0.4 is 5.32 Å². The van der Waals surface area contributed by atoms with E-state index >= 15 is 0 Å². The van der Waals surface area contributed by atoms with Crippen molar-refractivity contribution in [2.75, 3.05) is 6.54 Å². The lowest BCUT2D eigenvalue weighted by Gasteiger charge is -2.35. The van der Waals surface area contributed by atoms with E-state index in [1.54, 1.807) is 11.1 Å². The lowest BCUT2D eigenvalue weighted by Crippen LogP contribution is -2.43. The Bertz CT molecular complexity index is 381. The summed E-state index contributed by atoms with van der Waals surface area (Å²) in [5.74, 6) is 1.76. The topological polar surface area (TPSA) is 12.0 Å². The van der Waals surface area contributed by atoms with Crippen molar-refractivity contribution in [1.29, 1.82) is 0 Å². The Morgan fingerprint density at radius 2 is 1.63 bits per heavy atom. The zero-order chi connectivity index (χ0) is 13.1. The summed E-state index contributed by atoms with van der Waals surface area (Å²) in [4.78, 5) is 0. The van der Waals surface area contributed by atoms with Crippen LogP contribution in [0.15, 0.2) is 24.3 Å². The summed E-state index contributed by atoms with van der Waals surface area (Å²) in [5.41, 5.74) is 3.21. The van der Waals surface area contributed by atoms with Gasteiger partial charge in [0.2, 0.25) is 0 Å². The smallest absolute Gasteiger partial charge is 0.0130 e. The number of fused-ring (bicyclic) bond motifs is 1. The average Bonchev–Trinajstić information content (AvgIpc) is 2.89. The Hall–Kier alpha value is -0.820. The maximum absolute atomic E-state index is 3.83. The molecule has 1 heteroatoms. The molecule has 0 spiro atoms. The van der Waals surface area contributed by atoms with Crippen molar-refractivity contribution in [3.8, 4) is 0 Å². The van der Waals surface area contributed by atoms with Gasteiger partial charge in [0.05, 0.1) is 0 Å². The number of benzene rings is 1. The predicted octanol–water partition coefficient (Wildman–Crippen LogP) is 3.96. The van der Waals surface area contributed by atoms with Crippen LogP contribution in [0.2, 0.25) is 0 Å². The molecule has 0 amide bonds. The van der Waals surface area contributed by atoms with Crippen LogP contribution in [-0.2, 0) is 12.8 Å². The summed E-state index contributed by atoms with van der Waals surface area (Å²) >= 11 is 0. The highest BCUT2D eigenvalue weighted by atomic mass is 14.9. The molecule has 1 aromatic rings. The molecule has 0 bridgehead atoms. The molecule has 0 aromatic heterocycles. The van der Waals surface area contributed by atoms with E-state index in [0.717, 1.165) is 24.4 Å². The number of nitrogens with one attached hydrogen (secondary N) is 1. The third-order valence-corrected chi connectivity index (χ3v) is 5.19. The van der Waals surface area contributed by atoms with Crippen LogP contribution in [0.1, 0.15) is 50.2 Å². The van der Waals surface area contributed by atoms with Crippen LogP contribution in [0.4, 0.5) is 0 Å². The highest BCUT2D eigenvalue weighted by Gasteiger charge is 2.33. The zero-order valence-corrected chi connectivity index (χ0v) is 12.2. The van der Waals surface area contributed by atoms with Crippen molar-refractivity contribution in [1.82, 2.24) is 5.32 Å². The lowest BCUT2D eigenvalue weighted by atomic mass is 9.77. The zero-order valence-electron chi connectivity index (χ0n) is 12.2. The third-order valence-electron chi connectivity index (χ3n) is 5.19. The fraction of sp³-hybridized carbons (Fsp3) is 0.667. The first-order valence-corrected chi connectivity index (χ1v) is 8.18. The standard InChI is InChI=1S/C18H27N/c1-2-19-18(14-8-4-3-5-9-14)17-12-15-10-6-7-11-16(15)13-17/h6-7,10-11,14,17-19H,2-5,8-9,12-13H2,1H3. The molecule has 3 rings (SSSR count). The van der Waals surface area contributed by atoms with Crippen LogP contribution in [0, 0.1) is 11.8 Å². The first-order chi connectivity index (χ1) is 9.38. The molecule has 2 aliphatic carbocycles. The molecule has 1 unspecified atom stereocenters. The van der Waals surface area contributed by atoms with Gasteiger partial charge < -0.3 is 5.32 Å². The van der Waals surface area contributed by atoms with E-state index in [-0.39, 0.29) is 0 Å². The van der Waals surface area contributed by atoms with Gasteiger partial charge in [-0.1, -0.05) is 50.5 Å². The molecule has 104 valence electrons. The van der Waals surface area contributed by atoms with Gasteiger partial charge in [-0.25, -0.2) is 0 Å². The normalized spacial score (nSPS) is 22.4. The van der Waals surface area contributed by atoms with Crippen molar-refractivity contribution in [3.05, 3.63) is 35.4 Å². The summed E-state index contributed by atoms with van der Waals surface area (Å²) in [7, 11) is 0. The van der Waals surface area contributed by atoms with Crippen molar-refractivity contribution >= 4 is 0 Å². The van der Waals surface area contributed by atoms with Crippen LogP contribution in [0.5, 0.6) is 0 Å². The molecular formula is C18H27N. The van der Waals surface area contributed by atoms with Crippen molar-refractivity contribution in [3.63, 3.8) is 0 Å². The number of rotatable bonds is 4. The fourth-order valence-electron chi connectivity index (χ4n) is 4.29. The van der Waals surface area contributed by atoms with Crippen molar-refractivity contribution < 1.29 is 0 Å². The number of hydrogen-bond acceptors (Lipinski definition) is 1. The minimum absolute atomic E-state index is 0.748. The van der Waals surface area contributed by atoms with Crippen LogP contribution in [0.3, 0.4) is 0 Å². The maximum atomic E-state index is 3.83. The number of hydrogen-bond donors (Lipinski definition) is 1. The van der Waals surface area contributed by atoms with E-state index in [0.29, 0.717) is 0 Å². The second-order valence-electron chi connectivity index (χ2n) is 6.42. The Balaban J connectivity index is 1.71. The lowest BCUT2D eigenvalue weighted by molar-refractivity contribution is 0.212. The van der Waals surface area contributed by atoms with Gasteiger partial charge in [0, 0.05) is 6.04 Å². The van der Waals surface area contributed by atoms with E-state index in [1.165, 1.54) is 44.9 Å². The van der Waals surface area contributed by atoms with Crippen LogP contribution in [0.25, 0.3) is 0 Å². The Morgan fingerprint density at radius 3 is 2.21 bits per heavy atom. The molecule has 0 aliphatic heterocycles. The van der Waals surface area contributed by atoms with Gasteiger partial charge in [-0.05, 0) is 55.2 Å². The Kier molecular flexibility index (Phi) is 4.22. The molecule has 1 nitrogen and oxygen atoms in total. The summed E-state index contributed by atoms with van der Waals surface area (Å²) in [6.07, 6.45) is 9.85. The van der Waals surface area contributed by atoms with Gasteiger partial charge in [0.1, 0.15) is 0 Å². The summed E-state index contributed by atoms with van der Waals surface area (Å²) in [6.45, 7) is 3.38. The predicted molar refractivity (Wildman–Crippen MR) is 81.4 cm³/mol. The van der Waals surface area contributed by atoms with Crippen LogP contribution in [-0.4, -0.2) is 12.6 Å². The molecule has 2 aliphatic rings. The van der Waals surface area contributed by atoms with E-state index in [1.807, 2.05) is 0 Å². The average molecular weight is 257 g/mol. The van der Waals surface area contributed by atoms with Gasteiger partial charge >= 0.3 is 0 Å². The minimum atomic E-state index is 0.748. The molecule has 0 saturated heterocycles. The van der Waals surface area contributed by atoms with Crippen molar-refractivity contribution in [2.45, 2.75) is 57.9 Å². The summed E-state index contributed by atoms with van der Waals surface area (Å²) < 4.78 is 0. The molecule has 19 heavy (non-hydrogen) atoms. The van der Waals surface area contributed by atoms with E-state index in [4.69, 9.17) is 0 Å². The third kappa shape index (κ3) is 2.86. The van der Waals surface area contributed by atoms with Crippen molar-refractivity contribution in [2.24, 2.45) is 11.8 Å². The molecule has 1 atom stereocenters. The molecule has 1 saturated carbocycles. The highest BCUT2D eigenvalue weighted by Crippen LogP contribution is 2.36. The largest absolute Gasteiger partial charge is 0.314 e. The molecule has 0 heterocycles. The fourth-order valence-corrected chi connectivity index (χ4v) is 4.29. The first kappa shape index (κ1) is 13.2. The van der Waals surface area contributed by atoms with E-state index < -0.39 is 0 Å². The molecule has 1 N–H and O–H groups in total. The minimum Gasteiger partial charge on any atom is -0.314 e. The summed E-state index contributed by atoms with van der Waals surface area (Å²) in [6, 6.07) is 9.81. The van der Waals surface area contributed by atoms with E-state index in [9.17, 15) is 0 Å². The monoisotopic (exact) mass is 257 g/mol. The van der Waals surface area contributed by atoms with Gasteiger partial charge in [-0.2, -0.15) is 0 Å². The maximum Gasteiger partial charge on any atom is 0.0130 e. The van der Waals surface area contributed by atoms with E-state index in [2.05, 4.69) is 36.5 Å². The quantitative estimate of drug-likeness (QED) is 0.861. The van der Waals surface area contributed by atoms with Gasteiger partial charge in [0.15, 0.2) is 0 Å². The molecule has 1 fully saturated rings. The SMILES string of the molecule is CCNC(C1CCCCC1)C1Cc2ccccc2C1. The highest BCUT2D eigenvalue weighted by molar-refractivity contribution is 5.32. The first-order valence-electron chi connectivity index (χ1n) is 8.18. The Labute approximate surface area is 117 Å². The summed E-state index contributed by atoms with van der Waals surface area (Å²) in [5, 5.41) is 3.83.